The molecular formula is C34H41FN2O2. The van der Waals surface area contributed by atoms with Crippen LogP contribution in [0.25, 0.3) is 0 Å². The maximum absolute atomic E-state index is 14.6. The Labute approximate surface area is 233 Å². The summed E-state index contributed by atoms with van der Waals surface area (Å²) in [6.07, 6.45) is 11.0. The number of ether oxygens (including phenoxy) is 1. The zero-order valence-electron chi connectivity index (χ0n) is 23.3. The Balaban J connectivity index is 1.69. The van der Waals surface area contributed by atoms with Crippen LogP contribution in [0.3, 0.4) is 0 Å². The molecule has 3 aromatic rings. The van der Waals surface area contributed by atoms with Gasteiger partial charge in [0.1, 0.15) is 11.6 Å². The molecule has 206 valence electrons. The van der Waals surface area contributed by atoms with Gasteiger partial charge >= 0.3 is 0 Å². The highest BCUT2D eigenvalue weighted by molar-refractivity contribution is 5.83. The Morgan fingerprint density at radius 1 is 0.872 bits per heavy atom. The Kier molecular flexibility index (Phi) is 10.7. The summed E-state index contributed by atoms with van der Waals surface area (Å²) in [5.74, 6) is 0.601. The number of hydrogen-bond donors (Lipinski definition) is 0. The lowest BCUT2D eigenvalue weighted by Crippen LogP contribution is -2.52. The van der Waals surface area contributed by atoms with Crippen LogP contribution >= 0.6 is 0 Å². The van der Waals surface area contributed by atoms with Crippen molar-refractivity contribution in [2.24, 2.45) is 0 Å². The molecule has 0 radical (unpaired) electrons. The fourth-order valence-electron chi connectivity index (χ4n) is 5.32. The molecule has 1 amide bonds. The third-order valence-electron chi connectivity index (χ3n) is 7.55. The summed E-state index contributed by atoms with van der Waals surface area (Å²) in [6, 6.07) is 24.2. The Bertz CT molecular complexity index is 1180. The van der Waals surface area contributed by atoms with Crippen molar-refractivity contribution in [2.75, 3.05) is 20.2 Å². The van der Waals surface area contributed by atoms with Gasteiger partial charge in [0.15, 0.2) is 0 Å². The van der Waals surface area contributed by atoms with Crippen molar-refractivity contribution >= 4 is 5.91 Å². The summed E-state index contributed by atoms with van der Waals surface area (Å²) in [5, 5.41) is 0. The SMILES string of the molecule is CCCCCCCN1C/C=C\C(c2ccc(OC)cc2)N(Cc2ccc(F)cc2)C(=O)[C@H]1Cc1ccccc1. The summed E-state index contributed by atoms with van der Waals surface area (Å²) in [6.45, 7) is 4.24. The third kappa shape index (κ3) is 8.03. The van der Waals surface area contributed by atoms with Crippen molar-refractivity contribution in [1.82, 2.24) is 9.80 Å². The van der Waals surface area contributed by atoms with Gasteiger partial charge in [-0.3, -0.25) is 9.69 Å². The highest BCUT2D eigenvalue weighted by Gasteiger charge is 2.34. The average molecular weight is 529 g/mol. The quantitative estimate of drug-likeness (QED) is 0.182. The minimum Gasteiger partial charge on any atom is -0.497 e. The van der Waals surface area contributed by atoms with E-state index in [-0.39, 0.29) is 23.8 Å². The number of carbonyl (C=O) groups excluding carboxylic acids is 1. The summed E-state index contributed by atoms with van der Waals surface area (Å²) >= 11 is 0. The van der Waals surface area contributed by atoms with Gasteiger partial charge in [-0.25, -0.2) is 4.39 Å². The topological polar surface area (TPSA) is 32.8 Å². The smallest absolute Gasteiger partial charge is 0.241 e. The second-order valence-electron chi connectivity index (χ2n) is 10.4. The first-order valence-corrected chi connectivity index (χ1v) is 14.2. The van der Waals surface area contributed by atoms with Gasteiger partial charge in [-0.2, -0.15) is 0 Å². The molecule has 1 heterocycles. The van der Waals surface area contributed by atoms with Crippen molar-refractivity contribution < 1.29 is 13.9 Å². The molecule has 4 nitrogen and oxygen atoms in total. The Hall–Kier alpha value is -3.44. The second kappa shape index (κ2) is 14.6. The van der Waals surface area contributed by atoms with Crippen LogP contribution in [-0.4, -0.2) is 41.9 Å². The zero-order chi connectivity index (χ0) is 27.5. The van der Waals surface area contributed by atoms with Crippen LogP contribution in [0.1, 0.15) is 61.8 Å². The molecule has 0 aromatic heterocycles. The molecule has 0 fully saturated rings. The fourth-order valence-corrected chi connectivity index (χ4v) is 5.32. The maximum Gasteiger partial charge on any atom is 0.241 e. The molecule has 5 heteroatoms. The predicted octanol–water partition coefficient (Wildman–Crippen LogP) is 7.36. The molecule has 39 heavy (non-hydrogen) atoms. The van der Waals surface area contributed by atoms with E-state index in [1.54, 1.807) is 19.2 Å². The van der Waals surface area contributed by atoms with Crippen LogP contribution in [0.2, 0.25) is 0 Å². The van der Waals surface area contributed by atoms with Crippen molar-refractivity contribution in [3.8, 4) is 5.75 Å². The second-order valence-corrected chi connectivity index (χ2v) is 10.4. The lowest BCUT2D eigenvalue weighted by molar-refractivity contribution is -0.139. The highest BCUT2D eigenvalue weighted by atomic mass is 19.1. The number of benzene rings is 3. The van der Waals surface area contributed by atoms with E-state index >= 15 is 0 Å². The van der Waals surface area contributed by atoms with Gasteiger partial charge in [0.25, 0.3) is 0 Å². The summed E-state index contributed by atoms with van der Waals surface area (Å²) < 4.78 is 19.1. The molecule has 3 aromatic carbocycles. The molecule has 0 saturated carbocycles. The zero-order valence-corrected chi connectivity index (χ0v) is 23.3. The molecule has 1 unspecified atom stereocenters. The monoisotopic (exact) mass is 528 g/mol. The third-order valence-corrected chi connectivity index (χ3v) is 7.55. The van der Waals surface area contributed by atoms with Crippen LogP contribution in [0.4, 0.5) is 4.39 Å². The minimum absolute atomic E-state index is 0.0990. The molecule has 1 aliphatic rings. The van der Waals surface area contributed by atoms with Crippen LogP contribution in [0.15, 0.2) is 91.0 Å². The van der Waals surface area contributed by atoms with E-state index in [1.165, 1.54) is 37.8 Å². The van der Waals surface area contributed by atoms with Crippen LogP contribution < -0.4 is 4.74 Å². The fraction of sp³-hybridized carbons (Fsp3) is 0.382. The van der Waals surface area contributed by atoms with E-state index in [4.69, 9.17) is 4.74 Å². The summed E-state index contributed by atoms with van der Waals surface area (Å²) in [4.78, 5) is 18.9. The van der Waals surface area contributed by atoms with E-state index in [1.807, 2.05) is 47.4 Å². The lowest BCUT2D eigenvalue weighted by Gasteiger charge is -2.39. The normalized spacial score (nSPS) is 18.9. The predicted molar refractivity (Wildman–Crippen MR) is 156 cm³/mol. The molecule has 4 rings (SSSR count). The summed E-state index contributed by atoms with van der Waals surface area (Å²) in [7, 11) is 1.65. The van der Waals surface area contributed by atoms with Crippen molar-refractivity contribution in [3.05, 3.63) is 114 Å². The molecule has 0 N–H and O–H groups in total. The van der Waals surface area contributed by atoms with E-state index in [2.05, 4.69) is 36.1 Å². The lowest BCUT2D eigenvalue weighted by atomic mass is 9.97. The number of amides is 1. The molecule has 1 aliphatic heterocycles. The Morgan fingerprint density at radius 3 is 2.28 bits per heavy atom. The van der Waals surface area contributed by atoms with E-state index in [0.717, 1.165) is 42.0 Å². The average Bonchev–Trinajstić information content (AvgIpc) is 2.97. The van der Waals surface area contributed by atoms with Gasteiger partial charge in [-0.1, -0.05) is 99.4 Å². The Morgan fingerprint density at radius 2 is 1.59 bits per heavy atom. The van der Waals surface area contributed by atoms with Gasteiger partial charge < -0.3 is 9.64 Å². The minimum atomic E-state index is -0.287. The van der Waals surface area contributed by atoms with Gasteiger partial charge in [-0.05, 0) is 60.3 Å². The number of nitrogens with zero attached hydrogens (tertiary/aromatic N) is 2. The van der Waals surface area contributed by atoms with Crippen LogP contribution in [0.5, 0.6) is 5.75 Å². The number of unbranched alkanes of at least 4 members (excludes halogenated alkanes) is 4. The van der Waals surface area contributed by atoms with Gasteiger partial charge in [0.2, 0.25) is 5.91 Å². The maximum atomic E-state index is 14.6. The van der Waals surface area contributed by atoms with Crippen molar-refractivity contribution in [3.63, 3.8) is 0 Å². The number of hydrogen-bond acceptors (Lipinski definition) is 3. The first-order chi connectivity index (χ1) is 19.1. The largest absolute Gasteiger partial charge is 0.497 e. The summed E-state index contributed by atoms with van der Waals surface area (Å²) in [5.41, 5.74) is 3.08. The van der Waals surface area contributed by atoms with Gasteiger partial charge in [0, 0.05) is 13.1 Å². The molecule has 0 saturated heterocycles. The number of methoxy groups -OCH3 is 1. The highest BCUT2D eigenvalue weighted by Crippen LogP contribution is 2.30. The number of halogens is 1. The molecule has 0 aliphatic carbocycles. The number of rotatable bonds is 12. The van der Waals surface area contributed by atoms with Gasteiger partial charge in [-0.15, -0.1) is 0 Å². The molecule has 0 spiro atoms. The van der Waals surface area contributed by atoms with Crippen LogP contribution in [0, 0.1) is 5.82 Å². The molecule has 0 bridgehead atoms. The molecular weight excluding hydrogens is 487 g/mol. The van der Waals surface area contributed by atoms with Crippen molar-refractivity contribution in [2.45, 2.75) is 64.1 Å². The standard InChI is InChI=1S/C34H41FN2O2/c1-3-4-5-6-10-23-36-24-11-14-32(29-17-21-31(39-2)22-18-29)37(26-28-15-19-30(35)20-16-28)34(38)33(36)25-27-12-8-7-9-13-27/h7-9,11-22,32-33H,3-6,10,23-26H2,1-2H3/b14-11-/t32?,33-/m1/s1. The first kappa shape index (κ1) is 28.6. The number of carbonyl (C=O) groups is 1. The van der Waals surface area contributed by atoms with Crippen molar-refractivity contribution in [1.29, 1.82) is 0 Å². The first-order valence-electron chi connectivity index (χ1n) is 14.2. The van der Waals surface area contributed by atoms with E-state index in [0.29, 0.717) is 13.0 Å². The van der Waals surface area contributed by atoms with E-state index < -0.39 is 0 Å². The van der Waals surface area contributed by atoms with Crippen LogP contribution in [-0.2, 0) is 17.8 Å². The van der Waals surface area contributed by atoms with E-state index in [9.17, 15) is 9.18 Å². The van der Waals surface area contributed by atoms with Gasteiger partial charge in [0.05, 0.1) is 19.2 Å². The molecule has 2 atom stereocenters.